The van der Waals surface area contributed by atoms with Crippen LogP contribution in [0.2, 0.25) is 5.02 Å². The van der Waals surface area contributed by atoms with Gasteiger partial charge in [0.05, 0.1) is 10.7 Å². The average molecular weight is 376 g/mol. The van der Waals surface area contributed by atoms with Gasteiger partial charge in [-0.25, -0.2) is 14.0 Å². The average Bonchev–Trinajstić information content (AvgIpc) is 2.98. The molecule has 6 nitrogen and oxygen atoms in total. The number of carboxylic acid groups (broad SMARTS) is 1. The molecular formula is C18H15ClFN3O3. The summed E-state index contributed by atoms with van der Waals surface area (Å²) < 4.78 is 13.3. The fraction of sp³-hybridized carbons (Fsp3) is 0.111. The van der Waals surface area contributed by atoms with Gasteiger partial charge in [-0.2, -0.15) is 0 Å². The summed E-state index contributed by atoms with van der Waals surface area (Å²) >= 11 is 5.97. The number of anilines is 1. The summed E-state index contributed by atoms with van der Waals surface area (Å²) in [6.07, 6.45) is 1.64. The summed E-state index contributed by atoms with van der Waals surface area (Å²) in [4.78, 5) is 26.5. The Morgan fingerprint density at radius 1 is 1.23 bits per heavy atom. The van der Waals surface area contributed by atoms with Crippen LogP contribution in [-0.4, -0.2) is 28.1 Å². The van der Waals surface area contributed by atoms with E-state index in [9.17, 15) is 19.1 Å². The van der Waals surface area contributed by atoms with Crippen LogP contribution >= 0.6 is 11.6 Å². The molecule has 0 aliphatic heterocycles. The van der Waals surface area contributed by atoms with Gasteiger partial charge in [0, 0.05) is 23.5 Å². The SMILES string of the molecule is O=C(Nc1ccccc1Cl)NC(Cc1c[nH]c2cc(F)ccc12)C(=O)O. The number of carboxylic acids is 1. The summed E-state index contributed by atoms with van der Waals surface area (Å²) in [6.45, 7) is 0. The van der Waals surface area contributed by atoms with Crippen LogP contribution in [0, 0.1) is 5.82 Å². The van der Waals surface area contributed by atoms with Crippen molar-refractivity contribution in [1.82, 2.24) is 10.3 Å². The minimum atomic E-state index is -1.18. The summed E-state index contributed by atoms with van der Waals surface area (Å²) in [7, 11) is 0. The largest absolute Gasteiger partial charge is 0.480 e. The number of H-pyrrole nitrogens is 1. The quantitative estimate of drug-likeness (QED) is 0.546. The molecule has 1 aromatic heterocycles. The molecule has 2 amide bonds. The molecule has 1 heterocycles. The second-order valence-corrected chi connectivity index (χ2v) is 6.08. The smallest absolute Gasteiger partial charge is 0.326 e. The molecule has 0 aliphatic rings. The molecule has 8 heteroatoms. The van der Waals surface area contributed by atoms with Gasteiger partial charge in [0.1, 0.15) is 11.9 Å². The lowest BCUT2D eigenvalue weighted by molar-refractivity contribution is -0.139. The number of aromatic amines is 1. The van der Waals surface area contributed by atoms with E-state index in [0.717, 1.165) is 0 Å². The van der Waals surface area contributed by atoms with Crippen molar-refractivity contribution in [2.24, 2.45) is 0 Å². The molecule has 26 heavy (non-hydrogen) atoms. The van der Waals surface area contributed by atoms with Gasteiger partial charge in [-0.05, 0) is 35.9 Å². The van der Waals surface area contributed by atoms with E-state index in [4.69, 9.17) is 11.6 Å². The Hall–Kier alpha value is -3.06. The van der Waals surface area contributed by atoms with E-state index in [2.05, 4.69) is 15.6 Å². The molecule has 0 saturated carbocycles. The Balaban J connectivity index is 1.73. The van der Waals surface area contributed by atoms with Crippen molar-refractivity contribution in [2.75, 3.05) is 5.32 Å². The van der Waals surface area contributed by atoms with Gasteiger partial charge in [0.15, 0.2) is 0 Å². The number of aromatic nitrogens is 1. The first-order valence-electron chi connectivity index (χ1n) is 7.74. The summed E-state index contributed by atoms with van der Waals surface area (Å²) in [5.41, 5.74) is 1.59. The highest BCUT2D eigenvalue weighted by Gasteiger charge is 2.22. The minimum Gasteiger partial charge on any atom is -0.480 e. The van der Waals surface area contributed by atoms with E-state index in [1.807, 2.05) is 0 Å². The first kappa shape index (κ1) is 17.8. The van der Waals surface area contributed by atoms with E-state index in [0.29, 0.717) is 27.2 Å². The van der Waals surface area contributed by atoms with Crippen LogP contribution in [0.5, 0.6) is 0 Å². The van der Waals surface area contributed by atoms with Crippen LogP contribution < -0.4 is 10.6 Å². The summed E-state index contributed by atoms with van der Waals surface area (Å²) in [5.74, 6) is -1.58. The van der Waals surface area contributed by atoms with E-state index in [1.165, 1.54) is 12.1 Å². The zero-order chi connectivity index (χ0) is 18.7. The number of carbonyl (C=O) groups is 2. The molecule has 0 saturated heterocycles. The summed E-state index contributed by atoms with van der Waals surface area (Å²) in [6, 6.07) is 8.96. The molecule has 2 aromatic carbocycles. The molecule has 1 atom stereocenters. The Labute approximate surface area is 153 Å². The van der Waals surface area contributed by atoms with E-state index in [1.54, 1.807) is 36.5 Å². The Morgan fingerprint density at radius 2 is 2.00 bits per heavy atom. The lowest BCUT2D eigenvalue weighted by Crippen LogP contribution is -2.44. The number of nitrogens with one attached hydrogen (secondary N) is 3. The fourth-order valence-corrected chi connectivity index (χ4v) is 2.81. The molecule has 134 valence electrons. The highest BCUT2D eigenvalue weighted by molar-refractivity contribution is 6.33. The third kappa shape index (κ3) is 3.94. The lowest BCUT2D eigenvalue weighted by Gasteiger charge is -2.15. The molecule has 1 unspecified atom stereocenters. The minimum absolute atomic E-state index is 0.0386. The third-order valence-electron chi connectivity index (χ3n) is 3.88. The first-order chi connectivity index (χ1) is 12.4. The van der Waals surface area contributed by atoms with Crippen molar-refractivity contribution in [3.8, 4) is 0 Å². The van der Waals surface area contributed by atoms with Crippen LogP contribution in [0.25, 0.3) is 10.9 Å². The Bertz CT molecular complexity index is 973. The van der Waals surface area contributed by atoms with Gasteiger partial charge in [0.2, 0.25) is 0 Å². The van der Waals surface area contributed by atoms with Crippen molar-refractivity contribution >= 4 is 40.2 Å². The van der Waals surface area contributed by atoms with E-state index < -0.39 is 23.9 Å². The van der Waals surface area contributed by atoms with Crippen molar-refractivity contribution in [1.29, 1.82) is 0 Å². The number of urea groups is 1. The molecule has 0 radical (unpaired) electrons. The molecule has 0 spiro atoms. The molecular weight excluding hydrogens is 361 g/mol. The van der Waals surface area contributed by atoms with Gasteiger partial charge in [-0.3, -0.25) is 0 Å². The van der Waals surface area contributed by atoms with E-state index in [-0.39, 0.29) is 6.42 Å². The second-order valence-electron chi connectivity index (χ2n) is 5.68. The zero-order valence-electron chi connectivity index (χ0n) is 13.4. The molecule has 3 aromatic rings. The van der Waals surface area contributed by atoms with Crippen LogP contribution in [-0.2, 0) is 11.2 Å². The predicted molar refractivity (Wildman–Crippen MR) is 97.0 cm³/mol. The molecule has 4 N–H and O–H groups in total. The maximum absolute atomic E-state index is 13.3. The number of fused-ring (bicyclic) bond motifs is 1. The van der Waals surface area contributed by atoms with Gasteiger partial charge >= 0.3 is 12.0 Å². The van der Waals surface area contributed by atoms with Gasteiger partial charge in [0.25, 0.3) is 0 Å². The second kappa shape index (κ2) is 7.45. The predicted octanol–water partition coefficient (Wildman–Crippen LogP) is 3.78. The van der Waals surface area contributed by atoms with E-state index >= 15 is 0 Å². The number of hydrogen-bond acceptors (Lipinski definition) is 2. The number of para-hydroxylation sites is 1. The highest BCUT2D eigenvalue weighted by atomic mass is 35.5. The molecule has 0 bridgehead atoms. The van der Waals surface area contributed by atoms with Crippen molar-refractivity contribution in [3.63, 3.8) is 0 Å². The number of hydrogen-bond donors (Lipinski definition) is 4. The number of amides is 2. The van der Waals surface area contributed by atoms with Gasteiger partial charge in [-0.15, -0.1) is 0 Å². The van der Waals surface area contributed by atoms with Gasteiger partial charge < -0.3 is 20.7 Å². The van der Waals surface area contributed by atoms with Gasteiger partial charge in [-0.1, -0.05) is 23.7 Å². The number of halogens is 2. The van der Waals surface area contributed by atoms with Crippen LogP contribution in [0.15, 0.2) is 48.7 Å². The Morgan fingerprint density at radius 3 is 2.73 bits per heavy atom. The molecule has 0 fully saturated rings. The third-order valence-corrected chi connectivity index (χ3v) is 4.21. The Kier molecular flexibility index (Phi) is 5.09. The van der Waals surface area contributed by atoms with Crippen LogP contribution in [0.4, 0.5) is 14.9 Å². The standard InChI is InChI=1S/C18H15ClFN3O3/c19-13-3-1-2-4-14(13)22-18(26)23-16(17(24)25)7-10-9-21-15-8-11(20)5-6-12(10)15/h1-6,8-9,16,21H,7H2,(H,24,25)(H2,22,23,26). The monoisotopic (exact) mass is 375 g/mol. The molecule has 3 rings (SSSR count). The van der Waals surface area contributed by atoms with Crippen LogP contribution in [0.1, 0.15) is 5.56 Å². The fourth-order valence-electron chi connectivity index (χ4n) is 2.63. The van der Waals surface area contributed by atoms with Crippen molar-refractivity contribution in [2.45, 2.75) is 12.5 Å². The maximum Gasteiger partial charge on any atom is 0.326 e. The maximum atomic E-state index is 13.3. The summed E-state index contributed by atoms with van der Waals surface area (Å²) in [5, 5.41) is 15.4. The normalized spacial score (nSPS) is 11.9. The van der Waals surface area contributed by atoms with Crippen LogP contribution in [0.3, 0.4) is 0 Å². The first-order valence-corrected chi connectivity index (χ1v) is 8.12. The lowest BCUT2D eigenvalue weighted by atomic mass is 10.1. The number of aliphatic carboxylic acids is 1. The number of rotatable bonds is 5. The topological polar surface area (TPSA) is 94.2 Å². The zero-order valence-corrected chi connectivity index (χ0v) is 14.2. The highest BCUT2D eigenvalue weighted by Crippen LogP contribution is 2.22. The number of benzene rings is 2. The molecule has 0 aliphatic carbocycles. The number of carbonyl (C=O) groups excluding carboxylic acids is 1. The van der Waals surface area contributed by atoms with Crippen molar-refractivity contribution in [3.05, 3.63) is 65.1 Å². The van der Waals surface area contributed by atoms with Crippen molar-refractivity contribution < 1.29 is 19.1 Å².